The first kappa shape index (κ1) is 24.1. The molecule has 3 aromatic rings. The fourth-order valence-electron chi connectivity index (χ4n) is 2.96. The van der Waals surface area contributed by atoms with Gasteiger partial charge in [-0.2, -0.15) is 0 Å². The lowest BCUT2D eigenvalue weighted by molar-refractivity contribution is 0.146. The molecule has 33 heavy (non-hydrogen) atoms. The molecule has 0 saturated carbocycles. The van der Waals surface area contributed by atoms with E-state index in [0.717, 1.165) is 0 Å². The summed E-state index contributed by atoms with van der Waals surface area (Å²) in [5.74, 6) is 0.133. The summed E-state index contributed by atoms with van der Waals surface area (Å²) in [6, 6.07) is 9.29. The van der Waals surface area contributed by atoms with Crippen LogP contribution in [0.1, 0.15) is 20.3 Å². The number of nitrogens with zero attached hydrogens (tertiary/aromatic N) is 2. The van der Waals surface area contributed by atoms with Gasteiger partial charge in [0.25, 0.3) is 0 Å². The van der Waals surface area contributed by atoms with Crippen molar-refractivity contribution in [1.29, 1.82) is 0 Å². The first-order valence-corrected chi connectivity index (χ1v) is 10.4. The average Bonchev–Trinajstić information content (AvgIpc) is 2.74. The molecule has 0 aliphatic heterocycles. The highest BCUT2D eigenvalue weighted by molar-refractivity contribution is 5.92. The average molecular weight is 459 g/mol. The molecule has 176 valence electrons. The van der Waals surface area contributed by atoms with Crippen molar-refractivity contribution in [3.05, 3.63) is 48.5 Å². The number of rotatable bonds is 10. The highest BCUT2D eigenvalue weighted by atomic mass is 19.1. The Hall–Kier alpha value is -3.53. The van der Waals surface area contributed by atoms with Crippen molar-refractivity contribution in [3.63, 3.8) is 0 Å². The molecule has 0 aliphatic carbocycles. The predicted molar refractivity (Wildman–Crippen MR) is 123 cm³/mol. The molecule has 10 heteroatoms. The van der Waals surface area contributed by atoms with Crippen LogP contribution in [0, 0.1) is 5.82 Å². The van der Waals surface area contributed by atoms with Gasteiger partial charge in [-0.15, -0.1) is 0 Å². The number of carbonyl (C=O) groups is 1. The third-order valence-electron chi connectivity index (χ3n) is 4.63. The number of methoxy groups -OCH3 is 1. The van der Waals surface area contributed by atoms with E-state index >= 15 is 0 Å². The molecule has 3 N–H and O–H groups in total. The molecule has 0 spiro atoms. The lowest BCUT2D eigenvalue weighted by Gasteiger charge is -2.14. The minimum Gasteiger partial charge on any atom is -0.491 e. The van der Waals surface area contributed by atoms with Gasteiger partial charge < -0.3 is 25.4 Å². The number of benzene rings is 2. The van der Waals surface area contributed by atoms with E-state index in [0.29, 0.717) is 41.7 Å². The van der Waals surface area contributed by atoms with Crippen LogP contribution in [0.15, 0.2) is 42.7 Å². The number of nitrogens with one attached hydrogen (secondary N) is 3. The second kappa shape index (κ2) is 10.9. The van der Waals surface area contributed by atoms with Crippen molar-refractivity contribution in [1.82, 2.24) is 15.3 Å². The van der Waals surface area contributed by atoms with Gasteiger partial charge in [-0.25, -0.2) is 23.5 Å². The minimum absolute atomic E-state index is 0.216. The summed E-state index contributed by atoms with van der Waals surface area (Å²) in [6.45, 7) is 3.82. The Morgan fingerprint density at radius 2 is 1.82 bits per heavy atom. The fraction of sp³-hybridized carbons (Fsp3) is 0.348. The summed E-state index contributed by atoms with van der Waals surface area (Å²) in [7, 11) is 1.56. The largest absolute Gasteiger partial charge is 0.491 e. The summed E-state index contributed by atoms with van der Waals surface area (Å²) < 4.78 is 38.7. The van der Waals surface area contributed by atoms with Crippen molar-refractivity contribution in [2.24, 2.45) is 0 Å². The Kier molecular flexibility index (Phi) is 7.94. The molecule has 0 atom stereocenters. The number of hydrogen-bond acceptors (Lipinski definition) is 6. The van der Waals surface area contributed by atoms with Crippen LogP contribution in [-0.4, -0.2) is 48.5 Å². The summed E-state index contributed by atoms with van der Waals surface area (Å²) >= 11 is 0. The Bertz CT molecular complexity index is 1090. The maximum atomic E-state index is 14.8. The number of alkyl halides is 1. The summed E-state index contributed by atoms with van der Waals surface area (Å²) in [5.41, 5.74) is 0.240. The molecule has 2 aromatic carbocycles. The molecule has 0 saturated heterocycles. The highest BCUT2D eigenvalue weighted by Crippen LogP contribution is 2.29. The van der Waals surface area contributed by atoms with Crippen LogP contribution in [0.3, 0.4) is 0 Å². The normalized spacial score (nSPS) is 11.3. The van der Waals surface area contributed by atoms with Gasteiger partial charge in [-0.3, -0.25) is 0 Å². The zero-order valence-corrected chi connectivity index (χ0v) is 18.7. The van der Waals surface area contributed by atoms with Gasteiger partial charge in [0.05, 0.1) is 17.5 Å². The maximum absolute atomic E-state index is 14.8. The van der Waals surface area contributed by atoms with Crippen LogP contribution in [0.2, 0.25) is 0 Å². The van der Waals surface area contributed by atoms with Gasteiger partial charge in [0.15, 0.2) is 0 Å². The van der Waals surface area contributed by atoms with E-state index in [1.165, 1.54) is 26.2 Å². The van der Waals surface area contributed by atoms with Gasteiger partial charge >= 0.3 is 6.03 Å². The second-order valence-corrected chi connectivity index (χ2v) is 7.91. The van der Waals surface area contributed by atoms with Crippen molar-refractivity contribution in [2.75, 3.05) is 37.5 Å². The van der Waals surface area contributed by atoms with Crippen molar-refractivity contribution in [3.8, 4) is 5.75 Å². The van der Waals surface area contributed by atoms with Crippen LogP contribution in [-0.2, 0) is 4.74 Å². The van der Waals surface area contributed by atoms with Crippen molar-refractivity contribution < 1.29 is 23.0 Å². The van der Waals surface area contributed by atoms with E-state index in [9.17, 15) is 13.6 Å². The van der Waals surface area contributed by atoms with Crippen LogP contribution >= 0.6 is 0 Å². The van der Waals surface area contributed by atoms with Crippen LogP contribution < -0.4 is 20.7 Å². The molecule has 0 fully saturated rings. The molecule has 0 radical (unpaired) electrons. The molecule has 0 aliphatic rings. The quantitative estimate of drug-likeness (QED) is 0.377. The van der Waals surface area contributed by atoms with E-state index in [-0.39, 0.29) is 18.4 Å². The third-order valence-corrected chi connectivity index (χ3v) is 4.63. The zero-order chi connectivity index (χ0) is 23.8. The molecule has 2 amide bonds. The van der Waals surface area contributed by atoms with E-state index in [1.54, 1.807) is 37.4 Å². The Labute approximate surface area is 190 Å². The number of aromatic nitrogens is 2. The van der Waals surface area contributed by atoms with Gasteiger partial charge in [0, 0.05) is 37.2 Å². The van der Waals surface area contributed by atoms with Crippen molar-refractivity contribution in [2.45, 2.75) is 25.9 Å². The molecular formula is C23H27F2N5O3. The summed E-state index contributed by atoms with van der Waals surface area (Å²) in [6.07, 6.45) is 1.55. The Morgan fingerprint density at radius 3 is 2.52 bits per heavy atom. The van der Waals surface area contributed by atoms with Crippen molar-refractivity contribution >= 4 is 34.1 Å². The van der Waals surface area contributed by atoms with Gasteiger partial charge in [-0.05, 0) is 44.5 Å². The summed E-state index contributed by atoms with van der Waals surface area (Å²) in [4.78, 5) is 20.2. The maximum Gasteiger partial charge on any atom is 0.319 e. The Balaban J connectivity index is 1.65. The van der Waals surface area contributed by atoms with E-state index < -0.39 is 17.5 Å². The lowest BCUT2D eigenvalue weighted by Crippen LogP contribution is -2.32. The summed E-state index contributed by atoms with van der Waals surface area (Å²) in [5, 5.41) is 8.58. The van der Waals surface area contributed by atoms with E-state index in [1.807, 2.05) is 0 Å². The Morgan fingerprint density at radius 1 is 1.09 bits per heavy atom. The highest BCUT2D eigenvalue weighted by Gasteiger charge is 2.15. The third kappa shape index (κ3) is 7.25. The first-order chi connectivity index (χ1) is 15.7. The fourth-order valence-corrected chi connectivity index (χ4v) is 2.96. The van der Waals surface area contributed by atoms with Gasteiger partial charge in [-0.1, -0.05) is 0 Å². The lowest BCUT2D eigenvalue weighted by atomic mass is 10.1. The van der Waals surface area contributed by atoms with E-state index in [4.69, 9.17) is 9.47 Å². The molecule has 0 unspecified atom stereocenters. The van der Waals surface area contributed by atoms with Gasteiger partial charge in [0.2, 0.25) is 0 Å². The molecule has 1 aromatic heterocycles. The topological polar surface area (TPSA) is 97.4 Å². The number of ether oxygens (including phenoxy) is 2. The van der Waals surface area contributed by atoms with Crippen LogP contribution in [0.25, 0.3) is 10.9 Å². The molecule has 3 rings (SSSR count). The predicted octanol–water partition coefficient (Wildman–Crippen LogP) is 4.80. The minimum atomic E-state index is -1.34. The number of amides is 2. The number of urea groups is 1. The van der Waals surface area contributed by atoms with Crippen LogP contribution in [0.4, 0.5) is 30.8 Å². The van der Waals surface area contributed by atoms with Crippen LogP contribution in [0.5, 0.6) is 5.75 Å². The molecule has 1 heterocycles. The number of fused-ring (bicyclic) bond motifs is 1. The zero-order valence-electron chi connectivity index (χ0n) is 18.7. The number of anilines is 3. The second-order valence-electron chi connectivity index (χ2n) is 7.91. The molecule has 8 nitrogen and oxygen atoms in total. The first-order valence-electron chi connectivity index (χ1n) is 10.4. The van der Waals surface area contributed by atoms with Gasteiger partial charge in [0.1, 0.15) is 36.0 Å². The monoisotopic (exact) mass is 459 g/mol. The smallest absolute Gasteiger partial charge is 0.319 e. The standard InChI is InChI=1S/C23H27F2N5O3/c1-23(2,25)8-9-26-22(31)30-16-6-4-15(5-7-16)29-21-20-18(24)12-17(33-11-10-32-3)13-19(20)27-14-28-21/h4-7,12-14H,8-11H2,1-3H3,(H2,26,30,31)(H,27,28,29). The molecule has 0 bridgehead atoms. The number of carbonyl (C=O) groups excluding carboxylic acids is 1. The molecular weight excluding hydrogens is 432 g/mol. The number of hydrogen-bond donors (Lipinski definition) is 3. The number of halogens is 2. The van der Waals surface area contributed by atoms with E-state index in [2.05, 4.69) is 25.9 Å². The SMILES string of the molecule is COCCOc1cc(F)c2c(Nc3ccc(NC(=O)NCCC(C)(C)F)cc3)ncnc2c1.